The van der Waals surface area contributed by atoms with Crippen molar-refractivity contribution < 1.29 is 19.4 Å². The molecule has 0 fully saturated rings. The van der Waals surface area contributed by atoms with Gasteiger partial charge in [-0.25, -0.2) is 4.79 Å². The lowest BCUT2D eigenvalue weighted by molar-refractivity contribution is 0.0258. The summed E-state index contributed by atoms with van der Waals surface area (Å²) in [5, 5.41) is 8.49. The number of carbonyl (C=O) groups excluding carboxylic acids is 1. The molecule has 1 rings (SSSR count). The maximum Gasteiger partial charge on any atom is 0.338 e. The van der Waals surface area contributed by atoms with Gasteiger partial charge in [0.25, 0.3) is 0 Å². The van der Waals surface area contributed by atoms with Crippen LogP contribution < -0.4 is 4.90 Å². The smallest absolute Gasteiger partial charge is 0.338 e. The monoisotopic (exact) mass is 253 g/mol. The predicted octanol–water partition coefficient (Wildman–Crippen LogP) is 0.918. The molecule has 0 bridgehead atoms. The van der Waals surface area contributed by atoms with E-state index in [1.165, 1.54) is 0 Å². The van der Waals surface area contributed by atoms with Gasteiger partial charge in [0.05, 0.1) is 25.4 Å². The number of benzene rings is 1. The van der Waals surface area contributed by atoms with Crippen molar-refractivity contribution in [1.82, 2.24) is 0 Å². The van der Waals surface area contributed by atoms with Crippen LogP contribution in [0.1, 0.15) is 10.4 Å². The Morgan fingerprint density at radius 1 is 1.17 bits per heavy atom. The highest BCUT2D eigenvalue weighted by Crippen LogP contribution is 2.12. The number of anilines is 1. The summed E-state index contributed by atoms with van der Waals surface area (Å²) >= 11 is 0. The van der Waals surface area contributed by atoms with Crippen LogP contribution in [0.25, 0.3) is 0 Å². The van der Waals surface area contributed by atoms with Crippen LogP contribution in [-0.2, 0) is 9.47 Å². The van der Waals surface area contributed by atoms with Crippen LogP contribution in [-0.4, -0.2) is 51.6 Å². The zero-order valence-electron chi connectivity index (χ0n) is 10.8. The van der Waals surface area contributed by atoms with Crippen molar-refractivity contribution in [3.05, 3.63) is 29.8 Å². The summed E-state index contributed by atoms with van der Waals surface area (Å²) < 4.78 is 10.0. The van der Waals surface area contributed by atoms with Crippen molar-refractivity contribution >= 4 is 11.7 Å². The fourth-order valence-corrected chi connectivity index (χ4v) is 1.34. The van der Waals surface area contributed by atoms with Crippen LogP contribution in [0.2, 0.25) is 0 Å². The van der Waals surface area contributed by atoms with Crippen LogP contribution in [0.15, 0.2) is 24.3 Å². The Morgan fingerprint density at radius 2 is 1.83 bits per heavy atom. The van der Waals surface area contributed by atoms with Gasteiger partial charge in [0.15, 0.2) is 0 Å². The summed E-state index contributed by atoms with van der Waals surface area (Å²) in [7, 11) is 3.87. The lowest BCUT2D eigenvalue weighted by atomic mass is 10.2. The second kappa shape index (κ2) is 7.68. The van der Waals surface area contributed by atoms with Gasteiger partial charge < -0.3 is 19.5 Å². The second-order valence-corrected chi connectivity index (χ2v) is 3.91. The van der Waals surface area contributed by atoms with Gasteiger partial charge >= 0.3 is 5.97 Å². The SMILES string of the molecule is CN(C)c1ccc(C(=O)OCCOCCO)cc1. The molecule has 1 N–H and O–H groups in total. The number of hydrogen-bond acceptors (Lipinski definition) is 5. The molecule has 0 aliphatic carbocycles. The predicted molar refractivity (Wildman–Crippen MR) is 69.0 cm³/mol. The van der Waals surface area contributed by atoms with Crippen molar-refractivity contribution in [3.63, 3.8) is 0 Å². The van der Waals surface area contributed by atoms with E-state index in [1.807, 2.05) is 31.1 Å². The van der Waals surface area contributed by atoms with Crippen molar-refractivity contribution in [2.75, 3.05) is 45.4 Å². The summed E-state index contributed by atoms with van der Waals surface area (Å²) in [5.41, 5.74) is 1.54. The first-order valence-electron chi connectivity index (χ1n) is 5.78. The summed E-state index contributed by atoms with van der Waals surface area (Å²) in [4.78, 5) is 13.6. The summed E-state index contributed by atoms with van der Waals surface area (Å²) in [6.45, 7) is 0.714. The van der Waals surface area contributed by atoms with Crippen molar-refractivity contribution in [1.29, 1.82) is 0 Å². The highest BCUT2D eigenvalue weighted by atomic mass is 16.6. The Morgan fingerprint density at radius 3 is 2.39 bits per heavy atom. The molecule has 0 heterocycles. The molecule has 0 amide bonds. The fraction of sp³-hybridized carbons (Fsp3) is 0.462. The average Bonchev–Trinajstić information content (AvgIpc) is 2.38. The molecule has 18 heavy (non-hydrogen) atoms. The molecule has 0 unspecified atom stereocenters. The first-order valence-corrected chi connectivity index (χ1v) is 5.78. The number of aliphatic hydroxyl groups is 1. The van der Waals surface area contributed by atoms with Gasteiger partial charge in [-0.05, 0) is 24.3 Å². The molecule has 1 aromatic carbocycles. The van der Waals surface area contributed by atoms with Gasteiger partial charge in [-0.1, -0.05) is 0 Å². The Bertz CT molecular complexity index is 362. The maximum absolute atomic E-state index is 11.6. The van der Waals surface area contributed by atoms with E-state index < -0.39 is 0 Å². The minimum atomic E-state index is -0.368. The van der Waals surface area contributed by atoms with Crippen LogP contribution in [0.4, 0.5) is 5.69 Å². The number of rotatable bonds is 7. The van der Waals surface area contributed by atoms with Crippen LogP contribution in [0.5, 0.6) is 0 Å². The number of nitrogens with zero attached hydrogens (tertiary/aromatic N) is 1. The van der Waals surface area contributed by atoms with Crippen molar-refractivity contribution in [2.24, 2.45) is 0 Å². The third kappa shape index (κ3) is 4.73. The highest BCUT2D eigenvalue weighted by molar-refractivity contribution is 5.89. The molecule has 0 atom stereocenters. The molecule has 0 aromatic heterocycles. The van der Waals surface area contributed by atoms with E-state index in [-0.39, 0.29) is 25.8 Å². The summed E-state index contributed by atoms with van der Waals surface area (Å²) in [6.07, 6.45) is 0. The molecular formula is C13H19NO4. The molecule has 0 aliphatic rings. The van der Waals surface area contributed by atoms with Crippen LogP contribution >= 0.6 is 0 Å². The first-order chi connectivity index (χ1) is 8.65. The van der Waals surface area contributed by atoms with E-state index in [0.717, 1.165) is 5.69 Å². The molecule has 1 aromatic rings. The first kappa shape index (κ1) is 14.5. The Hall–Kier alpha value is -1.59. The third-order valence-corrected chi connectivity index (χ3v) is 2.32. The van der Waals surface area contributed by atoms with Crippen molar-refractivity contribution in [2.45, 2.75) is 0 Å². The summed E-state index contributed by atoms with van der Waals surface area (Å²) in [5.74, 6) is -0.368. The quantitative estimate of drug-likeness (QED) is 0.578. The molecule has 0 radical (unpaired) electrons. The number of carbonyl (C=O) groups is 1. The van der Waals surface area contributed by atoms with E-state index >= 15 is 0 Å². The zero-order chi connectivity index (χ0) is 13.4. The molecule has 0 spiro atoms. The van der Waals surface area contributed by atoms with E-state index in [2.05, 4.69) is 0 Å². The molecular weight excluding hydrogens is 234 g/mol. The van der Waals surface area contributed by atoms with Crippen LogP contribution in [0, 0.1) is 0 Å². The molecule has 5 nitrogen and oxygen atoms in total. The van der Waals surface area contributed by atoms with Gasteiger partial charge in [0, 0.05) is 19.8 Å². The normalized spacial score (nSPS) is 10.2. The molecule has 100 valence electrons. The number of ether oxygens (including phenoxy) is 2. The Balaban J connectivity index is 2.37. The minimum Gasteiger partial charge on any atom is -0.460 e. The average molecular weight is 253 g/mol. The van der Waals surface area contributed by atoms with Gasteiger partial charge in [-0.2, -0.15) is 0 Å². The number of aliphatic hydroxyl groups excluding tert-OH is 1. The largest absolute Gasteiger partial charge is 0.460 e. The van der Waals surface area contributed by atoms with Crippen LogP contribution in [0.3, 0.4) is 0 Å². The van der Waals surface area contributed by atoms with Gasteiger partial charge in [0.1, 0.15) is 6.61 Å². The molecule has 0 aliphatic heterocycles. The maximum atomic E-state index is 11.6. The highest BCUT2D eigenvalue weighted by Gasteiger charge is 2.06. The standard InChI is InChI=1S/C13H19NO4/c1-14(2)12-5-3-11(4-6-12)13(16)18-10-9-17-8-7-15/h3-6,15H,7-10H2,1-2H3. The number of hydrogen-bond donors (Lipinski definition) is 1. The van der Waals surface area contributed by atoms with Gasteiger partial charge in [0.2, 0.25) is 0 Å². The minimum absolute atomic E-state index is 0.0278. The molecule has 0 saturated heterocycles. The Labute approximate surface area is 107 Å². The Kier molecular flexibility index (Phi) is 6.18. The lowest BCUT2D eigenvalue weighted by Crippen LogP contribution is -2.13. The van der Waals surface area contributed by atoms with Gasteiger partial charge in [-0.15, -0.1) is 0 Å². The third-order valence-electron chi connectivity index (χ3n) is 2.32. The number of esters is 1. The topological polar surface area (TPSA) is 59.0 Å². The van der Waals surface area contributed by atoms with E-state index in [4.69, 9.17) is 14.6 Å². The molecule has 5 heteroatoms. The van der Waals surface area contributed by atoms with E-state index in [0.29, 0.717) is 12.2 Å². The van der Waals surface area contributed by atoms with Crippen molar-refractivity contribution in [3.8, 4) is 0 Å². The summed E-state index contributed by atoms with van der Waals surface area (Å²) in [6, 6.07) is 7.18. The fourth-order valence-electron chi connectivity index (χ4n) is 1.34. The molecule has 0 saturated carbocycles. The van der Waals surface area contributed by atoms with E-state index in [1.54, 1.807) is 12.1 Å². The lowest BCUT2D eigenvalue weighted by Gasteiger charge is -2.12. The second-order valence-electron chi connectivity index (χ2n) is 3.91. The zero-order valence-corrected chi connectivity index (χ0v) is 10.8. The van der Waals surface area contributed by atoms with Gasteiger partial charge in [-0.3, -0.25) is 0 Å². The van der Waals surface area contributed by atoms with E-state index in [9.17, 15) is 4.79 Å².